The van der Waals surface area contributed by atoms with Gasteiger partial charge in [0.25, 0.3) is 0 Å². The molecule has 2 N–H and O–H groups in total. The zero-order valence-corrected chi connectivity index (χ0v) is 14.7. The molecule has 1 atom stereocenters. The lowest BCUT2D eigenvalue weighted by Crippen LogP contribution is -2.35. The van der Waals surface area contributed by atoms with Gasteiger partial charge in [-0.2, -0.15) is 5.10 Å². The Hall–Kier alpha value is -2.70. The first kappa shape index (κ1) is 15.8. The van der Waals surface area contributed by atoms with Crippen LogP contribution in [0.1, 0.15) is 41.4 Å². The van der Waals surface area contributed by atoms with Crippen LogP contribution in [0.15, 0.2) is 12.1 Å². The van der Waals surface area contributed by atoms with Crippen LogP contribution in [0.4, 0.5) is 10.5 Å². The second-order valence-electron chi connectivity index (χ2n) is 6.65. The van der Waals surface area contributed by atoms with Crippen molar-refractivity contribution in [3.8, 4) is 11.5 Å². The summed E-state index contributed by atoms with van der Waals surface area (Å²) in [6.07, 6.45) is 1.94. The summed E-state index contributed by atoms with van der Waals surface area (Å²) < 4.78 is 10.8. The zero-order chi connectivity index (χ0) is 17.6. The number of aromatic nitrogens is 2. The van der Waals surface area contributed by atoms with E-state index < -0.39 is 0 Å². The number of rotatable bonds is 2. The van der Waals surface area contributed by atoms with Crippen molar-refractivity contribution in [3.63, 3.8) is 0 Å². The lowest BCUT2D eigenvalue weighted by Gasteiger charge is -2.26. The van der Waals surface area contributed by atoms with Gasteiger partial charge < -0.3 is 19.7 Å². The number of amides is 2. The highest BCUT2D eigenvalue weighted by molar-refractivity contribution is 5.91. The normalized spacial score (nSPS) is 18.7. The molecule has 0 aliphatic carbocycles. The van der Waals surface area contributed by atoms with Gasteiger partial charge in [0.1, 0.15) is 0 Å². The van der Waals surface area contributed by atoms with Crippen molar-refractivity contribution >= 4 is 11.7 Å². The van der Waals surface area contributed by atoms with Crippen molar-refractivity contribution in [1.29, 1.82) is 0 Å². The topological polar surface area (TPSA) is 79.5 Å². The summed E-state index contributed by atoms with van der Waals surface area (Å²) in [5.41, 5.74) is 4.82. The average molecular weight is 342 g/mol. The van der Waals surface area contributed by atoms with Crippen molar-refractivity contribution < 1.29 is 14.3 Å². The lowest BCUT2D eigenvalue weighted by atomic mass is 10.0. The molecule has 0 radical (unpaired) electrons. The molecule has 7 nitrogen and oxygen atoms in total. The number of carbonyl (C=O) groups is 1. The molecule has 2 aliphatic heterocycles. The Kier molecular flexibility index (Phi) is 3.78. The molecule has 0 spiro atoms. The largest absolute Gasteiger partial charge is 0.454 e. The van der Waals surface area contributed by atoms with E-state index in [1.165, 1.54) is 0 Å². The van der Waals surface area contributed by atoms with Gasteiger partial charge in [0, 0.05) is 29.6 Å². The van der Waals surface area contributed by atoms with Crippen LogP contribution in [-0.2, 0) is 0 Å². The number of aromatic amines is 1. The van der Waals surface area contributed by atoms with Crippen molar-refractivity contribution in [2.24, 2.45) is 0 Å². The monoisotopic (exact) mass is 342 g/mol. The van der Waals surface area contributed by atoms with Crippen LogP contribution in [0, 0.1) is 20.8 Å². The van der Waals surface area contributed by atoms with Gasteiger partial charge in [-0.1, -0.05) is 0 Å². The molecule has 0 saturated carbocycles. The van der Waals surface area contributed by atoms with Crippen LogP contribution in [0.3, 0.4) is 0 Å². The van der Waals surface area contributed by atoms with Gasteiger partial charge in [0.05, 0.1) is 11.7 Å². The first-order chi connectivity index (χ1) is 12.0. The molecule has 2 aliphatic rings. The number of nitrogens with zero attached hydrogens (tertiary/aromatic N) is 2. The van der Waals surface area contributed by atoms with Crippen LogP contribution < -0.4 is 14.8 Å². The number of aryl methyl sites for hydroxylation is 3. The second-order valence-corrected chi connectivity index (χ2v) is 6.65. The number of benzene rings is 1. The Morgan fingerprint density at radius 1 is 1.28 bits per heavy atom. The summed E-state index contributed by atoms with van der Waals surface area (Å²) in [4.78, 5) is 14.8. The first-order valence-electron chi connectivity index (χ1n) is 8.54. The predicted octanol–water partition coefficient (Wildman–Crippen LogP) is 3.43. The molecular formula is C18H22N4O3. The molecule has 1 fully saturated rings. The molecule has 2 aromatic rings. The molecule has 0 bridgehead atoms. The second kappa shape index (κ2) is 5.98. The minimum absolute atomic E-state index is 0.0630. The van der Waals surface area contributed by atoms with E-state index in [1.807, 2.05) is 37.8 Å². The summed E-state index contributed by atoms with van der Waals surface area (Å²) >= 11 is 0. The van der Waals surface area contributed by atoms with Gasteiger partial charge in [-0.25, -0.2) is 4.79 Å². The first-order valence-corrected chi connectivity index (χ1v) is 8.54. The van der Waals surface area contributed by atoms with E-state index >= 15 is 0 Å². The van der Waals surface area contributed by atoms with Crippen LogP contribution in [-0.4, -0.2) is 34.5 Å². The summed E-state index contributed by atoms with van der Waals surface area (Å²) in [6.45, 7) is 6.90. The van der Waals surface area contributed by atoms with E-state index in [0.717, 1.165) is 53.3 Å². The molecule has 1 aromatic carbocycles. The molecule has 3 heterocycles. The van der Waals surface area contributed by atoms with E-state index in [9.17, 15) is 4.79 Å². The number of hydrogen-bond acceptors (Lipinski definition) is 4. The number of H-pyrrole nitrogens is 1. The number of carbonyl (C=O) groups excluding carboxylic acids is 1. The fourth-order valence-electron chi connectivity index (χ4n) is 3.73. The molecule has 1 saturated heterocycles. The van der Waals surface area contributed by atoms with Gasteiger partial charge >= 0.3 is 6.03 Å². The highest BCUT2D eigenvalue weighted by Crippen LogP contribution is 2.38. The van der Waals surface area contributed by atoms with Gasteiger partial charge in [-0.05, 0) is 45.2 Å². The van der Waals surface area contributed by atoms with E-state index in [0.29, 0.717) is 5.75 Å². The van der Waals surface area contributed by atoms with E-state index in [-0.39, 0.29) is 18.9 Å². The van der Waals surface area contributed by atoms with Crippen molar-refractivity contribution in [2.75, 3.05) is 18.7 Å². The third-order valence-corrected chi connectivity index (χ3v) is 4.99. The standard InChI is InChI=1S/C18H22N4O3/c1-10-7-15-16(25-9-24-15)8-13(10)19-18(23)22-6-4-5-14(22)17-11(2)20-21-12(17)3/h7-8,14H,4-6,9H2,1-3H3,(H,19,23)(H,20,21)/t14-/m1/s1. The summed E-state index contributed by atoms with van der Waals surface area (Å²) in [6, 6.07) is 3.69. The smallest absolute Gasteiger partial charge is 0.322 e. The van der Waals surface area contributed by atoms with Crippen molar-refractivity contribution in [2.45, 2.75) is 39.7 Å². The maximum atomic E-state index is 12.9. The van der Waals surface area contributed by atoms with Crippen molar-refractivity contribution in [1.82, 2.24) is 15.1 Å². The van der Waals surface area contributed by atoms with Gasteiger partial charge in [-0.15, -0.1) is 0 Å². The maximum Gasteiger partial charge on any atom is 0.322 e. The fraction of sp³-hybridized carbons (Fsp3) is 0.444. The Morgan fingerprint density at radius 3 is 2.76 bits per heavy atom. The molecule has 4 rings (SSSR count). The molecule has 2 amide bonds. The van der Waals surface area contributed by atoms with Gasteiger partial charge in [-0.3, -0.25) is 5.10 Å². The maximum absolute atomic E-state index is 12.9. The number of ether oxygens (including phenoxy) is 2. The van der Waals surface area contributed by atoms with E-state index in [1.54, 1.807) is 0 Å². The number of hydrogen-bond donors (Lipinski definition) is 2. The molecule has 0 unspecified atom stereocenters. The average Bonchev–Trinajstić information content (AvgIpc) is 3.28. The van der Waals surface area contributed by atoms with E-state index in [2.05, 4.69) is 15.5 Å². The Bertz CT molecular complexity index is 810. The zero-order valence-electron chi connectivity index (χ0n) is 14.7. The van der Waals surface area contributed by atoms with Crippen molar-refractivity contribution in [3.05, 3.63) is 34.6 Å². The Morgan fingerprint density at radius 2 is 2.04 bits per heavy atom. The van der Waals surface area contributed by atoms with Crippen LogP contribution in [0.5, 0.6) is 11.5 Å². The minimum Gasteiger partial charge on any atom is -0.454 e. The quantitative estimate of drug-likeness (QED) is 0.876. The molecule has 25 heavy (non-hydrogen) atoms. The highest BCUT2D eigenvalue weighted by atomic mass is 16.7. The van der Waals surface area contributed by atoms with E-state index in [4.69, 9.17) is 9.47 Å². The molecular weight excluding hydrogens is 320 g/mol. The molecule has 132 valence electrons. The molecule has 1 aromatic heterocycles. The Balaban J connectivity index is 1.57. The summed E-state index contributed by atoms with van der Waals surface area (Å²) in [5, 5.41) is 10.3. The minimum atomic E-state index is -0.0931. The third kappa shape index (κ3) is 2.69. The SMILES string of the molecule is Cc1cc2c(cc1NC(=O)N1CCC[C@@H]1c1c(C)n[nH]c1C)OCO2. The lowest BCUT2D eigenvalue weighted by molar-refractivity contribution is 0.174. The molecule has 7 heteroatoms. The van der Waals surface area contributed by atoms with Gasteiger partial charge in [0.15, 0.2) is 11.5 Å². The number of anilines is 1. The summed E-state index contributed by atoms with van der Waals surface area (Å²) in [5.74, 6) is 1.39. The van der Waals surface area contributed by atoms with Crippen LogP contribution in [0.25, 0.3) is 0 Å². The van der Waals surface area contributed by atoms with Crippen LogP contribution >= 0.6 is 0 Å². The van der Waals surface area contributed by atoms with Crippen LogP contribution in [0.2, 0.25) is 0 Å². The predicted molar refractivity (Wildman–Crippen MR) is 93.1 cm³/mol. The highest BCUT2D eigenvalue weighted by Gasteiger charge is 2.33. The fourth-order valence-corrected chi connectivity index (χ4v) is 3.73. The summed E-state index contributed by atoms with van der Waals surface area (Å²) in [7, 11) is 0. The third-order valence-electron chi connectivity index (χ3n) is 4.99. The van der Waals surface area contributed by atoms with Gasteiger partial charge in [0.2, 0.25) is 6.79 Å². The Labute approximate surface area is 146 Å². The number of nitrogens with one attached hydrogen (secondary N) is 2. The number of fused-ring (bicyclic) bond motifs is 1. The number of urea groups is 1. The number of likely N-dealkylation sites (tertiary alicyclic amines) is 1.